The van der Waals surface area contributed by atoms with Crippen LogP contribution in [-0.4, -0.2) is 23.8 Å². The van der Waals surface area contributed by atoms with Crippen LogP contribution in [0.25, 0.3) is 0 Å². The van der Waals surface area contributed by atoms with E-state index in [1.54, 1.807) is 7.11 Å². The van der Waals surface area contributed by atoms with Crippen molar-refractivity contribution >= 4 is 5.78 Å². The van der Waals surface area contributed by atoms with Gasteiger partial charge in [0.05, 0.1) is 5.41 Å². The Morgan fingerprint density at radius 3 is 2.76 bits per heavy atom. The maximum atomic E-state index is 13.7. The third-order valence-electron chi connectivity index (χ3n) is 7.63. The molecular formula is C22H28O3. The number of methoxy groups -OCH3 is 1. The number of ketones is 1. The van der Waals surface area contributed by atoms with E-state index in [0.29, 0.717) is 12.8 Å². The molecule has 5 unspecified atom stereocenters. The van der Waals surface area contributed by atoms with Crippen LogP contribution >= 0.6 is 0 Å². The number of rotatable bonds is 5. The van der Waals surface area contributed by atoms with Gasteiger partial charge in [-0.25, -0.2) is 0 Å². The van der Waals surface area contributed by atoms with E-state index in [9.17, 15) is 9.90 Å². The summed E-state index contributed by atoms with van der Waals surface area (Å²) in [5.74, 6) is -1.14. The minimum Gasteiger partial charge on any atom is -0.364 e. The second-order valence-electron chi connectivity index (χ2n) is 8.35. The van der Waals surface area contributed by atoms with Crippen molar-refractivity contribution in [3.8, 4) is 0 Å². The largest absolute Gasteiger partial charge is 0.364 e. The Bertz CT molecular complexity index is 711. The molecule has 0 aliphatic heterocycles. The van der Waals surface area contributed by atoms with Gasteiger partial charge in [-0.3, -0.25) is 4.79 Å². The average Bonchev–Trinajstić information content (AvgIpc) is 2.98. The highest BCUT2D eigenvalue weighted by Gasteiger charge is 2.82. The first-order chi connectivity index (χ1) is 11.9. The number of carbonyl (C=O) groups excluding carboxylic acids is 1. The van der Waals surface area contributed by atoms with Gasteiger partial charge in [-0.15, -0.1) is 0 Å². The summed E-state index contributed by atoms with van der Waals surface area (Å²) in [7, 11) is 1.55. The molecule has 5 atom stereocenters. The van der Waals surface area contributed by atoms with Gasteiger partial charge in [-0.05, 0) is 37.2 Å². The Labute approximate surface area is 150 Å². The van der Waals surface area contributed by atoms with Gasteiger partial charge < -0.3 is 9.84 Å². The molecule has 3 saturated carbocycles. The number of carbonyl (C=O) groups is 1. The van der Waals surface area contributed by atoms with Gasteiger partial charge in [0.25, 0.3) is 0 Å². The van der Waals surface area contributed by atoms with Crippen LogP contribution < -0.4 is 0 Å². The summed E-state index contributed by atoms with van der Waals surface area (Å²) in [6.45, 7) is 6.47. The summed E-state index contributed by atoms with van der Waals surface area (Å²) in [5.41, 5.74) is 1.01. The molecule has 1 aromatic rings. The zero-order chi connectivity index (χ0) is 17.9. The predicted octanol–water partition coefficient (Wildman–Crippen LogP) is 3.91. The van der Waals surface area contributed by atoms with Crippen molar-refractivity contribution < 1.29 is 14.6 Å². The molecule has 1 aromatic carbocycles. The SMILES string of the molecule is C=C1C2CC3CCCC1(C)C3(C(=O)CCc1ccccc1)C2(O)OC. The van der Waals surface area contributed by atoms with Gasteiger partial charge in [0.15, 0.2) is 5.79 Å². The van der Waals surface area contributed by atoms with Crippen LogP contribution in [0.15, 0.2) is 42.5 Å². The van der Waals surface area contributed by atoms with Crippen molar-refractivity contribution in [2.75, 3.05) is 7.11 Å². The molecule has 0 spiro atoms. The van der Waals surface area contributed by atoms with E-state index in [-0.39, 0.29) is 23.0 Å². The van der Waals surface area contributed by atoms with Gasteiger partial charge >= 0.3 is 0 Å². The molecule has 0 amide bonds. The van der Waals surface area contributed by atoms with Crippen LogP contribution in [0.1, 0.15) is 44.6 Å². The van der Waals surface area contributed by atoms with Crippen molar-refractivity contribution in [2.24, 2.45) is 22.7 Å². The molecule has 3 nitrogen and oxygen atoms in total. The lowest BCUT2D eigenvalue weighted by atomic mass is 9.49. The van der Waals surface area contributed by atoms with Crippen LogP contribution in [0.3, 0.4) is 0 Å². The zero-order valence-electron chi connectivity index (χ0n) is 15.3. The molecular weight excluding hydrogens is 312 g/mol. The van der Waals surface area contributed by atoms with Crippen molar-refractivity contribution in [2.45, 2.75) is 51.2 Å². The fourth-order valence-corrected chi connectivity index (χ4v) is 6.58. The lowest BCUT2D eigenvalue weighted by Gasteiger charge is -2.54. The quantitative estimate of drug-likeness (QED) is 0.653. The van der Waals surface area contributed by atoms with E-state index < -0.39 is 11.2 Å². The first-order valence-electron chi connectivity index (χ1n) is 9.46. The third-order valence-corrected chi connectivity index (χ3v) is 7.63. The van der Waals surface area contributed by atoms with Gasteiger partial charge in [-0.1, -0.05) is 55.8 Å². The summed E-state index contributed by atoms with van der Waals surface area (Å²) in [6, 6.07) is 10.1. The monoisotopic (exact) mass is 340 g/mol. The highest BCUT2D eigenvalue weighted by atomic mass is 16.6. The molecule has 3 aliphatic rings. The van der Waals surface area contributed by atoms with Crippen molar-refractivity contribution in [3.05, 3.63) is 48.0 Å². The highest BCUT2D eigenvalue weighted by Crippen LogP contribution is 2.78. The lowest BCUT2D eigenvalue weighted by molar-refractivity contribution is -0.265. The fraction of sp³-hybridized carbons (Fsp3) is 0.591. The molecule has 134 valence electrons. The fourth-order valence-electron chi connectivity index (χ4n) is 6.58. The summed E-state index contributed by atoms with van der Waals surface area (Å²) in [6.07, 6.45) is 5.00. The van der Waals surface area contributed by atoms with Crippen LogP contribution in [0.2, 0.25) is 0 Å². The smallest absolute Gasteiger partial charge is 0.185 e. The summed E-state index contributed by atoms with van der Waals surface area (Å²) in [5, 5.41) is 11.6. The van der Waals surface area contributed by atoms with Gasteiger partial charge in [0, 0.05) is 24.9 Å². The van der Waals surface area contributed by atoms with E-state index in [1.807, 2.05) is 18.2 Å². The molecule has 0 heterocycles. The number of ether oxygens (including phenoxy) is 1. The first-order valence-corrected chi connectivity index (χ1v) is 9.46. The summed E-state index contributed by atoms with van der Waals surface area (Å²) < 4.78 is 5.71. The predicted molar refractivity (Wildman–Crippen MR) is 96.9 cm³/mol. The Balaban J connectivity index is 1.73. The number of hydrogen-bond donors (Lipinski definition) is 1. The molecule has 3 heteroatoms. The van der Waals surface area contributed by atoms with Gasteiger partial charge in [0.1, 0.15) is 5.78 Å². The number of benzene rings is 1. The lowest BCUT2D eigenvalue weighted by Crippen LogP contribution is -2.60. The van der Waals surface area contributed by atoms with Crippen LogP contribution in [0.5, 0.6) is 0 Å². The van der Waals surface area contributed by atoms with Gasteiger partial charge in [-0.2, -0.15) is 0 Å². The summed E-state index contributed by atoms with van der Waals surface area (Å²) in [4.78, 5) is 13.7. The van der Waals surface area contributed by atoms with E-state index in [0.717, 1.165) is 36.8 Å². The number of Topliss-reactive ketones (excluding diaryl/α,β-unsaturated/α-hetero) is 1. The highest BCUT2D eigenvalue weighted by molar-refractivity contribution is 5.90. The third kappa shape index (κ3) is 1.86. The minimum atomic E-state index is -1.39. The van der Waals surface area contributed by atoms with E-state index in [1.165, 1.54) is 0 Å². The molecule has 0 aromatic heterocycles. The van der Waals surface area contributed by atoms with Crippen LogP contribution in [0, 0.1) is 22.7 Å². The number of aryl methyl sites for hydroxylation is 1. The minimum absolute atomic E-state index is 0.117. The maximum Gasteiger partial charge on any atom is 0.185 e. The molecule has 2 bridgehead atoms. The van der Waals surface area contributed by atoms with Crippen LogP contribution in [0.4, 0.5) is 0 Å². The Morgan fingerprint density at radius 2 is 2.08 bits per heavy atom. The molecule has 4 rings (SSSR count). The Kier molecular flexibility index (Phi) is 3.75. The molecule has 25 heavy (non-hydrogen) atoms. The molecule has 3 fully saturated rings. The normalized spacial score (nSPS) is 42.0. The van der Waals surface area contributed by atoms with Crippen molar-refractivity contribution in [1.29, 1.82) is 0 Å². The van der Waals surface area contributed by atoms with E-state index in [2.05, 4.69) is 25.6 Å². The Hall–Kier alpha value is -1.45. The molecule has 0 radical (unpaired) electrons. The van der Waals surface area contributed by atoms with Gasteiger partial charge in [0.2, 0.25) is 0 Å². The maximum absolute atomic E-state index is 13.7. The average molecular weight is 340 g/mol. The molecule has 0 saturated heterocycles. The van der Waals surface area contributed by atoms with E-state index in [4.69, 9.17) is 4.74 Å². The second-order valence-corrected chi connectivity index (χ2v) is 8.35. The molecule has 1 N–H and O–H groups in total. The second kappa shape index (κ2) is 5.52. The van der Waals surface area contributed by atoms with E-state index >= 15 is 0 Å². The number of aliphatic hydroxyl groups is 1. The summed E-state index contributed by atoms with van der Waals surface area (Å²) >= 11 is 0. The van der Waals surface area contributed by atoms with Crippen LogP contribution in [-0.2, 0) is 16.0 Å². The zero-order valence-corrected chi connectivity index (χ0v) is 15.3. The topological polar surface area (TPSA) is 46.5 Å². The molecule has 3 aliphatic carbocycles. The Morgan fingerprint density at radius 1 is 1.36 bits per heavy atom. The first kappa shape index (κ1) is 17.0. The number of hydrogen-bond acceptors (Lipinski definition) is 3. The standard InChI is InChI=1S/C22H28O3/c1-15-18-14-17-10-7-13-20(15,2)21(17,22(18,24)25-3)19(23)12-11-16-8-5-4-6-9-16/h4-6,8-9,17-18,24H,1,7,10-14H2,2-3H3. The number of fused-ring (bicyclic) bond motifs is 1. The van der Waals surface area contributed by atoms with Crippen molar-refractivity contribution in [3.63, 3.8) is 0 Å². The van der Waals surface area contributed by atoms with Crippen molar-refractivity contribution in [1.82, 2.24) is 0 Å².